The van der Waals surface area contributed by atoms with Crippen LogP contribution < -0.4 is 10.6 Å². The molecule has 0 saturated heterocycles. The molecule has 0 spiro atoms. The molecule has 9 heteroatoms. The molecular weight excluding hydrogens is 362 g/mol. The number of halogens is 1. The number of hydrogen-bond acceptors (Lipinski definition) is 5. The lowest BCUT2D eigenvalue weighted by molar-refractivity contribution is -0.140. The van der Waals surface area contributed by atoms with Crippen molar-refractivity contribution in [3.63, 3.8) is 0 Å². The average molecular weight is 376 g/mol. The molecule has 7 nitrogen and oxygen atoms in total. The summed E-state index contributed by atoms with van der Waals surface area (Å²) < 4.78 is 0.800. The first-order valence-electron chi connectivity index (χ1n) is 5.87. The number of carboxylic acids is 1. The molecule has 1 atom stereocenters. The van der Waals surface area contributed by atoms with Crippen LogP contribution >= 0.6 is 27.7 Å². The second kappa shape index (κ2) is 8.63. The van der Waals surface area contributed by atoms with Crippen LogP contribution in [0.15, 0.2) is 22.8 Å². The van der Waals surface area contributed by atoms with Gasteiger partial charge in [-0.2, -0.15) is 0 Å². The van der Waals surface area contributed by atoms with E-state index >= 15 is 0 Å². The monoisotopic (exact) mass is 375 g/mol. The van der Waals surface area contributed by atoms with Gasteiger partial charge in [0.15, 0.2) is 0 Å². The Morgan fingerprint density at radius 3 is 2.67 bits per heavy atom. The van der Waals surface area contributed by atoms with E-state index in [2.05, 4.69) is 31.5 Å². The summed E-state index contributed by atoms with van der Waals surface area (Å²) in [6, 6.07) is 2.38. The van der Waals surface area contributed by atoms with Crippen molar-refractivity contribution in [1.29, 1.82) is 0 Å². The molecule has 0 aliphatic heterocycles. The molecule has 0 saturated carbocycles. The van der Waals surface area contributed by atoms with E-state index in [-0.39, 0.29) is 17.4 Å². The van der Waals surface area contributed by atoms with E-state index in [1.807, 2.05) is 0 Å². The predicted octanol–water partition coefficient (Wildman–Crippen LogP) is 1.11. The summed E-state index contributed by atoms with van der Waals surface area (Å²) in [6.45, 7) is 1.24. The van der Waals surface area contributed by atoms with Crippen LogP contribution in [0.2, 0.25) is 0 Å². The molecule has 0 aliphatic carbocycles. The van der Waals surface area contributed by atoms with Gasteiger partial charge in [-0.25, -0.2) is 9.78 Å². The molecule has 1 aromatic heterocycles. The Bertz CT molecular complexity index is 524. The van der Waals surface area contributed by atoms with E-state index in [9.17, 15) is 14.4 Å². The molecule has 21 heavy (non-hydrogen) atoms. The minimum atomic E-state index is -1.13. The minimum absolute atomic E-state index is 0.0705. The quantitative estimate of drug-likeness (QED) is 0.658. The van der Waals surface area contributed by atoms with Crippen LogP contribution in [-0.4, -0.2) is 45.4 Å². The van der Waals surface area contributed by atoms with Crippen molar-refractivity contribution in [3.8, 4) is 0 Å². The normalized spacial score (nSPS) is 11.5. The Labute approximate surface area is 134 Å². The summed E-state index contributed by atoms with van der Waals surface area (Å²) in [4.78, 5) is 37.4. The lowest BCUT2D eigenvalue weighted by Crippen LogP contribution is -2.41. The van der Waals surface area contributed by atoms with Gasteiger partial charge in [0.2, 0.25) is 11.8 Å². The van der Waals surface area contributed by atoms with E-state index in [4.69, 9.17) is 5.11 Å². The molecule has 0 radical (unpaired) electrons. The van der Waals surface area contributed by atoms with Crippen LogP contribution in [0.1, 0.15) is 6.92 Å². The maximum Gasteiger partial charge on any atom is 0.327 e. The Hall–Kier alpha value is -1.61. The number of carbonyl (C=O) groups excluding carboxylic acids is 2. The first-order valence-corrected chi connectivity index (χ1v) is 7.82. The van der Waals surface area contributed by atoms with Crippen LogP contribution in [0.25, 0.3) is 0 Å². The number of carbonyl (C=O) groups is 3. The molecule has 0 unspecified atom stereocenters. The van der Waals surface area contributed by atoms with Gasteiger partial charge in [0.25, 0.3) is 0 Å². The standard InChI is InChI=1S/C12H14BrN3O4S/c1-7(17)15-9(12(19)20)5-21-6-11(18)16-10-3-2-8(13)4-14-10/h2-4,9H,5-6H2,1H3,(H,15,17)(H,19,20)(H,14,16,18)/t9-/m0/s1. The van der Waals surface area contributed by atoms with Gasteiger partial charge in [-0.3, -0.25) is 9.59 Å². The Morgan fingerprint density at radius 1 is 1.43 bits per heavy atom. The molecule has 1 rings (SSSR count). The maximum atomic E-state index is 11.7. The predicted molar refractivity (Wildman–Crippen MR) is 83.1 cm³/mol. The van der Waals surface area contributed by atoms with Crippen LogP contribution in [0.5, 0.6) is 0 Å². The molecule has 114 valence electrons. The third-order valence-corrected chi connectivity index (χ3v) is 3.69. The van der Waals surface area contributed by atoms with Gasteiger partial charge in [0, 0.05) is 23.3 Å². The lowest BCUT2D eigenvalue weighted by atomic mass is 10.3. The molecule has 0 aliphatic rings. The summed E-state index contributed by atoms with van der Waals surface area (Å²) in [5, 5.41) is 13.8. The Morgan fingerprint density at radius 2 is 2.14 bits per heavy atom. The van der Waals surface area contributed by atoms with E-state index in [0.717, 1.165) is 16.2 Å². The Balaban J connectivity index is 2.36. The van der Waals surface area contributed by atoms with Crippen LogP contribution in [0, 0.1) is 0 Å². The second-order valence-electron chi connectivity index (χ2n) is 4.02. The zero-order valence-electron chi connectivity index (χ0n) is 11.1. The van der Waals surface area contributed by atoms with Gasteiger partial charge in [0.1, 0.15) is 11.9 Å². The van der Waals surface area contributed by atoms with E-state index < -0.39 is 17.9 Å². The fourth-order valence-electron chi connectivity index (χ4n) is 1.32. The highest BCUT2D eigenvalue weighted by atomic mass is 79.9. The van der Waals surface area contributed by atoms with Crippen LogP contribution in [-0.2, 0) is 14.4 Å². The number of hydrogen-bond donors (Lipinski definition) is 3. The van der Waals surface area contributed by atoms with Crippen LogP contribution in [0.3, 0.4) is 0 Å². The lowest BCUT2D eigenvalue weighted by Gasteiger charge is -2.12. The third-order valence-electron chi connectivity index (χ3n) is 2.19. The molecule has 3 N–H and O–H groups in total. The number of pyridine rings is 1. The van der Waals surface area contributed by atoms with E-state index in [1.54, 1.807) is 18.3 Å². The third kappa shape index (κ3) is 7.09. The van der Waals surface area contributed by atoms with Crippen molar-refractivity contribution in [3.05, 3.63) is 22.8 Å². The number of thioether (sulfide) groups is 1. The zero-order chi connectivity index (χ0) is 15.8. The highest BCUT2D eigenvalue weighted by Gasteiger charge is 2.18. The number of rotatable bonds is 7. The number of nitrogens with zero attached hydrogens (tertiary/aromatic N) is 1. The molecule has 0 aromatic carbocycles. The number of carboxylic acid groups (broad SMARTS) is 1. The number of aromatic nitrogens is 1. The summed E-state index contributed by atoms with van der Waals surface area (Å²) in [7, 11) is 0. The summed E-state index contributed by atoms with van der Waals surface area (Å²) >= 11 is 4.35. The minimum Gasteiger partial charge on any atom is -0.480 e. The molecule has 0 bridgehead atoms. The molecule has 1 heterocycles. The molecule has 0 fully saturated rings. The summed E-state index contributed by atoms with van der Waals surface area (Å²) in [6.07, 6.45) is 1.56. The van der Waals surface area contributed by atoms with Crippen molar-refractivity contribution in [1.82, 2.24) is 10.3 Å². The van der Waals surface area contributed by atoms with Gasteiger partial charge in [0.05, 0.1) is 5.75 Å². The van der Waals surface area contributed by atoms with Crippen LogP contribution in [0.4, 0.5) is 5.82 Å². The highest BCUT2D eigenvalue weighted by molar-refractivity contribution is 9.10. The highest BCUT2D eigenvalue weighted by Crippen LogP contribution is 2.11. The molecular formula is C12H14BrN3O4S. The first kappa shape index (κ1) is 17.4. The van der Waals surface area contributed by atoms with E-state index in [1.165, 1.54) is 6.92 Å². The van der Waals surface area contributed by atoms with Crippen molar-refractivity contribution >= 4 is 51.3 Å². The number of amides is 2. The smallest absolute Gasteiger partial charge is 0.327 e. The SMILES string of the molecule is CC(=O)N[C@@H](CSCC(=O)Nc1ccc(Br)cn1)C(=O)O. The largest absolute Gasteiger partial charge is 0.480 e. The molecule has 2 amide bonds. The summed E-state index contributed by atoms with van der Waals surface area (Å²) in [5.74, 6) is -1.25. The summed E-state index contributed by atoms with van der Waals surface area (Å²) in [5.41, 5.74) is 0. The van der Waals surface area contributed by atoms with E-state index in [0.29, 0.717) is 5.82 Å². The van der Waals surface area contributed by atoms with Crippen molar-refractivity contribution < 1.29 is 19.5 Å². The van der Waals surface area contributed by atoms with Crippen molar-refractivity contribution in [2.24, 2.45) is 0 Å². The van der Waals surface area contributed by atoms with Gasteiger partial charge in [-0.15, -0.1) is 11.8 Å². The van der Waals surface area contributed by atoms with Crippen molar-refractivity contribution in [2.75, 3.05) is 16.8 Å². The van der Waals surface area contributed by atoms with Crippen molar-refractivity contribution in [2.45, 2.75) is 13.0 Å². The first-order chi connectivity index (χ1) is 9.88. The topological polar surface area (TPSA) is 108 Å². The molecule has 1 aromatic rings. The number of anilines is 1. The number of aliphatic carboxylic acids is 1. The van der Waals surface area contributed by atoms with Gasteiger partial charge in [-0.1, -0.05) is 0 Å². The fraction of sp³-hybridized carbons (Fsp3) is 0.333. The van der Waals surface area contributed by atoms with Gasteiger partial charge >= 0.3 is 5.97 Å². The number of nitrogens with one attached hydrogen (secondary N) is 2. The van der Waals surface area contributed by atoms with Gasteiger partial charge < -0.3 is 15.7 Å². The fourth-order valence-corrected chi connectivity index (χ4v) is 2.39. The maximum absolute atomic E-state index is 11.7. The second-order valence-corrected chi connectivity index (χ2v) is 5.96. The zero-order valence-corrected chi connectivity index (χ0v) is 13.5. The average Bonchev–Trinajstić information content (AvgIpc) is 2.39. The Kier molecular flexibility index (Phi) is 7.17. The van der Waals surface area contributed by atoms with Gasteiger partial charge in [-0.05, 0) is 28.1 Å².